The Bertz CT molecular complexity index is 554. The van der Waals surface area contributed by atoms with Gasteiger partial charge in [0.25, 0.3) is 0 Å². The molecule has 0 spiro atoms. The van der Waals surface area contributed by atoms with Crippen LogP contribution in [0.2, 0.25) is 0 Å². The highest BCUT2D eigenvalue weighted by molar-refractivity contribution is 5.71. The lowest BCUT2D eigenvalue weighted by Gasteiger charge is -2.16. The molecule has 2 aromatic heterocycles. The molecule has 1 unspecified atom stereocenters. The summed E-state index contributed by atoms with van der Waals surface area (Å²) in [6.45, 7) is 4.32. The first-order valence-electron chi connectivity index (χ1n) is 6.74. The van der Waals surface area contributed by atoms with Gasteiger partial charge in [0.1, 0.15) is 11.3 Å². The Morgan fingerprint density at radius 3 is 2.89 bits per heavy atom. The van der Waals surface area contributed by atoms with Crippen molar-refractivity contribution >= 4 is 11.2 Å². The highest BCUT2D eigenvalue weighted by atomic mass is 15.2. The van der Waals surface area contributed by atoms with Crippen molar-refractivity contribution < 1.29 is 0 Å². The van der Waals surface area contributed by atoms with E-state index in [1.807, 2.05) is 18.3 Å². The van der Waals surface area contributed by atoms with Crippen molar-refractivity contribution in [1.82, 2.24) is 14.5 Å². The maximum absolute atomic E-state index is 6.19. The smallest absolute Gasteiger partial charge is 0.160 e. The van der Waals surface area contributed by atoms with Crippen LogP contribution in [0.15, 0.2) is 18.3 Å². The van der Waals surface area contributed by atoms with Gasteiger partial charge in [-0.2, -0.15) is 0 Å². The number of pyridine rings is 1. The minimum absolute atomic E-state index is 0.166. The van der Waals surface area contributed by atoms with E-state index in [1.54, 1.807) is 0 Å². The lowest BCUT2D eigenvalue weighted by atomic mass is 10.0. The molecule has 4 heteroatoms. The van der Waals surface area contributed by atoms with Crippen LogP contribution in [-0.2, 0) is 6.42 Å². The molecule has 1 fully saturated rings. The molecular formula is C14H20N4. The summed E-state index contributed by atoms with van der Waals surface area (Å²) in [5.41, 5.74) is 8.20. The summed E-state index contributed by atoms with van der Waals surface area (Å²) in [6.07, 6.45) is 5.16. The van der Waals surface area contributed by atoms with Gasteiger partial charge in [-0.1, -0.05) is 13.8 Å². The second-order valence-electron chi connectivity index (χ2n) is 5.59. The number of rotatable bonds is 4. The van der Waals surface area contributed by atoms with Crippen molar-refractivity contribution in [3.63, 3.8) is 0 Å². The van der Waals surface area contributed by atoms with E-state index in [0.717, 1.165) is 23.4 Å². The van der Waals surface area contributed by atoms with Gasteiger partial charge in [0.2, 0.25) is 0 Å². The minimum atomic E-state index is 0.166. The minimum Gasteiger partial charge on any atom is -0.327 e. The molecule has 1 aliphatic rings. The summed E-state index contributed by atoms with van der Waals surface area (Å²) in [5.74, 6) is 1.58. The fourth-order valence-corrected chi connectivity index (χ4v) is 2.28. The van der Waals surface area contributed by atoms with E-state index in [4.69, 9.17) is 10.7 Å². The van der Waals surface area contributed by atoms with E-state index in [2.05, 4.69) is 23.4 Å². The van der Waals surface area contributed by atoms with Crippen LogP contribution in [0.25, 0.3) is 11.2 Å². The van der Waals surface area contributed by atoms with Crippen molar-refractivity contribution in [3.8, 4) is 0 Å². The van der Waals surface area contributed by atoms with Gasteiger partial charge in [-0.3, -0.25) is 0 Å². The number of nitrogens with two attached hydrogens (primary N) is 1. The normalized spacial score (nSPS) is 17.6. The Balaban J connectivity index is 2.02. The largest absolute Gasteiger partial charge is 0.327 e. The molecule has 0 radical (unpaired) electrons. The first-order valence-corrected chi connectivity index (χ1v) is 6.74. The number of hydrogen-bond acceptors (Lipinski definition) is 3. The number of imidazole rings is 1. The number of hydrogen-bond donors (Lipinski definition) is 1. The Hall–Kier alpha value is -1.42. The van der Waals surface area contributed by atoms with Gasteiger partial charge in [0, 0.05) is 24.7 Å². The zero-order chi connectivity index (χ0) is 12.7. The lowest BCUT2D eigenvalue weighted by molar-refractivity contribution is 0.473. The SMILES string of the molecule is CC(C)C(N)Cc1nc2cccnc2n1C1CC1. The third-order valence-corrected chi connectivity index (χ3v) is 3.71. The molecule has 96 valence electrons. The van der Waals surface area contributed by atoms with Crippen LogP contribution in [0.1, 0.15) is 38.6 Å². The average molecular weight is 244 g/mol. The molecule has 2 aromatic rings. The number of nitrogens with zero attached hydrogens (tertiary/aromatic N) is 3. The first kappa shape index (κ1) is 11.7. The van der Waals surface area contributed by atoms with Crippen molar-refractivity contribution in [1.29, 1.82) is 0 Å². The summed E-state index contributed by atoms with van der Waals surface area (Å²) in [7, 11) is 0. The topological polar surface area (TPSA) is 56.7 Å². The zero-order valence-corrected chi connectivity index (χ0v) is 11.0. The van der Waals surface area contributed by atoms with Crippen LogP contribution in [0.3, 0.4) is 0 Å². The molecule has 0 aliphatic heterocycles. The van der Waals surface area contributed by atoms with E-state index in [9.17, 15) is 0 Å². The molecule has 1 atom stereocenters. The molecule has 4 nitrogen and oxygen atoms in total. The maximum atomic E-state index is 6.19. The molecule has 18 heavy (non-hydrogen) atoms. The third-order valence-electron chi connectivity index (χ3n) is 3.71. The molecule has 2 heterocycles. The summed E-state index contributed by atoms with van der Waals surface area (Å²) >= 11 is 0. The highest BCUT2D eigenvalue weighted by Gasteiger charge is 2.29. The molecule has 3 rings (SSSR count). The molecule has 1 saturated carbocycles. The predicted molar refractivity (Wildman–Crippen MR) is 72.3 cm³/mol. The van der Waals surface area contributed by atoms with Crippen molar-refractivity contribution in [2.45, 2.75) is 45.2 Å². The van der Waals surface area contributed by atoms with E-state index in [-0.39, 0.29) is 6.04 Å². The molecule has 0 bridgehead atoms. The second-order valence-corrected chi connectivity index (χ2v) is 5.59. The van der Waals surface area contributed by atoms with Crippen LogP contribution in [-0.4, -0.2) is 20.6 Å². The highest BCUT2D eigenvalue weighted by Crippen LogP contribution is 2.38. The van der Waals surface area contributed by atoms with Crippen LogP contribution < -0.4 is 5.73 Å². The Morgan fingerprint density at radius 1 is 1.44 bits per heavy atom. The van der Waals surface area contributed by atoms with Gasteiger partial charge in [-0.05, 0) is 30.9 Å². The standard InChI is InChI=1S/C14H20N4/c1-9(2)11(15)8-13-17-12-4-3-7-16-14(12)18(13)10-5-6-10/h3-4,7,9-11H,5-6,8,15H2,1-2H3. The van der Waals surface area contributed by atoms with Gasteiger partial charge < -0.3 is 10.3 Å². The van der Waals surface area contributed by atoms with Crippen LogP contribution in [0, 0.1) is 5.92 Å². The molecule has 1 aliphatic carbocycles. The van der Waals surface area contributed by atoms with Crippen LogP contribution in [0.5, 0.6) is 0 Å². The molecule has 0 saturated heterocycles. The van der Waals surface area contributed by atoms with Gasteiger partial charge in [0.15, 0.2) is 5.65 Å². The van der Waals surface area contributed by atoms with Gasteiger partial charge in [0.05, 0.1) is 0 Å². The number of aromatic nitrogens is 3. The van der Waals surface area contributed by atoms with Crippen molar-refractivity contribution in [3.05, 3.63) is 24.2 Å². The summed E-state index contributed by atoms with van der Waals surface area (Å²) < 4.78 is 2.30. The average Bonchev–Trinajstić information content (AvgIpc) is 3.11. The molecule has 0 amide bonds. The summed E-state index contributed by atoms with van der Waals surface area (Å²) in [5, 5.41) is 0. The van der Waals surface area contributed by atoms with Crippen LogP contribution in [0.4, 0.5) is 0 Å². The Kier molecular flexibility index (Phi) is 2.82. The molecule has 2 N–H and O–H groups in total. The van der Waals surface area contributed by atoms with E-state index in [0.29, 0.717) is 12.0 Å². The first-order chi connectivity index (χ1) is 8.66. The fourth-order valence-electron chi connectivity index (χ4n) is 2.28. The third kappa shape index (κ3) is 2.01. The van der Waals surface area contributed by atoms with E-state index >= 15 is 0 Å². The summed E-state index contributed by atoms with van der Waals surface area (Å²) in [6, 6.07) is 4.74. The van der Waals surface area contributed by atoms with Gasteiger partial charge in [-0.25, -0.2) is 9.97 Å². The zero-order valence-electron chi connectivity index (χ0n) is 11.0. The lowest BCUT2D eigenvalue weighted by Crippen LogP contribution is -2.30. The van der Waals surface area contributed by atoms with E-state index in [1.165, 1.54) is 12.8 Å². The van der Waals surface area contributed by atoms with E-state index < -0.39 is 0 Å². The van der Waals surface area contributed by atoms with Crippen molar-refractivity contribution in [2.24, 2.45) is 11.7 Å². The fraction of sp³-hybridized carbons (Fsp3) is 0.571. The van der Waals surface area contributed by atoms with Crippen molar-refractivity contribution in [2.75, 3.05) is 0 Å². The molecule has 0 aromatic carbocycles. The Labute approximate surface area is 107 Å². The van der Waals surface area contributed by atoms with Crippen LogP contribution >= 0.6 is 0 Å². The monoisotopic (exact) mass is 244 g/mol. The Morgan fingerprint density at radius 2 is 2.22 bits per heavy atom. The summed E-state index contributed by atoms with van der Waals surface area (Å²) in [4.78, 5) is 9.19. The number of fused-ring (bicyclic) bond motifs is 1. The predicted octanol–water partition coefficient (Wildman–Crippen LogP) is 2.29. The van der Waals surface area contributed by atoms with Gasteiger partial charge >= 0.3 is 0 Å². The molecular weight excluding hydrogens is 224 g/mol. The maximum Gasteiger partial charge on any atom is 0.160 e. The second kappa shape index (κ2) is 4.35. The van der Waals surface area contributed by atoms with Gasteiger partial charge in [-0.15, -0.1) is 0 Å². The quantitative estimate of drug-likeness (QED) is 0.897.